The van der Waals surface area contributed by atoms with Gasteiger partial charge in [0.1, 0.15) is 67.1 Å². The Balaban J connectivity index is 1.58. The Morgan fingerprint density at radius 3 is 1.53 bits per heavy atom. The third kappa shape index (κ3) is 5.69. The number of hydrogen-bond acceptors (Lipinski definition) is 15. The van der Waals surface area contributed by atoms with Crippen molar-refractivity contribution >= 4 is 0 Å². The zero-order valence-electron chi connectivity index (χ0n) is 18.0. The molecule has 0 aromatic rings. The molecule has 3 heterocycles. The SMILES string of the molecule is OC[C@H]1O[C@H](CC[C@H]2O[C@H](OC[C@H]3O[C@H](O)[C@H](O)[C@@H](O)[C@@H]3O)[C@H](O)[C@@H](O)[C@@H]2O)[C@H](O)[C@@H](O)[C@@H]1O. The van der Waals surface area contributed by atoms with Crippen LogP contribution in [0.1, 0.15) is 12.8 Å². The van der Waals surface area contributed by atoms with Gasteiger partial charge in [-0.1, -0.05) is 0 Å². The second-order valence-electron chi connectivity index (χ2n) is 8.83. The predicted octanol–water partition coefficient (Wildman–Crippen LogP) is -6.77. The van der Waals surface area contributed by atoms with Crippen molar-refractivity contribution in [1.82, 2.24) is 0 Å². The van der Waals surface area contributed by atoms with Gasteiger partial charge < -0.3 is 75.1 Å². The molecule has 3 fully saturated rings. The summed E-state index contributed by atoms with van der Waals surface area (Å²) in [5.74, 6) is 0. The Bertz CT molecular complexity index is 639. The van der Waals surface area contributed by atoms with Gasteiger partial charge in [-0.05, 0) is 12.8 Å². The van der Waals surface area contributed by atoms with Gasteiger partial charge in [-0.15, -0.1) is 0 Å². The molecule has 15 nitrogen and oxygen atoms in total. The van der Waals surface area contributed by atoms with E-state index in [1.807, 2.05) is 0 Å². The number of ether oxygens (including phenoxy) is 4. The highest BCUT2D eigenvalue weighted by Gasteiger charge is 2.48. The van der Waals surface area contributed by atoms with Crippen molar-refractivity contribution < 1.29 is 75.1 Å². The molecular weight excluding hydrogens is 468 g/mol. The van der Waals surface area contributed by atoms with E-state index >= 15 is 0 Å². The minimum Gasteiger partial charge on any atom is -0.394 e. The molecule has 0 aliphatic carbocycles. The Kier molecular flexibility index (Phi) is 9.57. The molecule has 3 saturated heterocycles. The molecule has 0 spiro atoms. The van der Waals surface area contributed by atoms with Gasteiger partial charge in [0.25, 0.3) is 0 Å². The van der Waals surface area contributed by atoms with E-state index in [1.54, 1.807) is 0 Å². The Morgan fingerprint density at radius 1 is 0.471 bits per heavy atom. The van der Waals surface area contributed by atoms with Crippen LogP contribution in [0.5, 0.6) is 0 Å². The molecular formula is C19H34O15. The molecule has 0 aromatic carbocycles. The molecule has 11 N–H and O–H groups in total. The van der Waals surface area contributed by atoms with Crippen LogP contribution in [0.4, 0.5) is 0 Å². The Morgan fingerprint density at radius 2 is 0.941 bits per heavy atom. The lowest BCUT2D eigenvalue weighted by Gasteiger charge is -2.43. The minimum atomic E-state index is -1.80. The van der Waals surface area contributed by atoms with Crippen LogP contribution in [-0.2, 0) is 18.9 Å². The zero-order valence-corrected chi connectivity index (χ0v) is 18.0. The minimum absolute atomic E-state index is 0.0422. The number of aliphatic hydroxyl groups is 11. The summed E-state index contributed by atoms with van der Waals surface area (Å²) in [5.41, 5.74) is 0. The summed E-state index contributed by atoms with van der Waals surface area (Å²) in [6.45, 7) is -1.15. The van der Waals surface area contributed by atoms with Gasteiger partial charge in [-0.2, -0.15) is 0 Å². The summed E-state index contributed by atoms with van der Waals surface area (Å²) in [5, 5.41) is 109. The quantitative estimate of drug-likeness (QED) is 0.155. The maximum absolute atomic E-state index is 10.3. The molecule has 0 bridgehead atoms. The molecule has 0 amide bonds. The van der Waals surface area contributed by atoms with Crippen molar-refractivity contribution in [2.24, 2.45) is 0 Å². The van der Waals surface area contributed by atoms with Gasteiger partial charge in [0.15, 0.2) is 12.6 Å². The average molecular weight is 502 g/mol. The average Bonchev–Trinajstić information content (AvgIpc) is 2.82. The van der Waals surface area contributed by atoms with Gasteiger partial charge in [-0.25, -0.2) is 0 Å². The fourth-order valence-corrected chi connectivity index (χ4v) is 4.30. The Labute approximate surface area is 193 Å². The summed E-state index contributed by atoms with van der Waals surface area (Å²) < 4.78 is 21.2. The topological polar surface area (TPSA) is 259 Å². The van der Waals surface area contributed by atoms with E-state index in [0.717, 1.165) is 0 Å². The summed E-state index contributed by atoms with van der Waals surface area (Å²) >= 11 is 0. The van der Waals surface area contributed by atoms with Crippen molar-refractivity contribution in [3.05, 3.63) is 0 Å². The molecule has 15 heteroatoms. The van der Waals surface area contributed by atoms with E-state index in [1.165, 1.54) is 0 Å². The first kappa shape index (κ1) is 28.0. The Hall–Kier alpha value is -0.600. The zero-order chi connectivity index (χ0) is 25.3. The molecule has 34 heavy (non-hydrogen) atoms. The normalized spacial score (nSPS) is 52.5. The second-order valence-corrected chi connectivity index (χ2v) is 8.83. The first-order valence-corrected chi connectivity index (χ1v) is 11.0. The monoisotopic (exact) mass is 502 g/mol. The van der Waals surface area contributed by atoms with Gasteiger partial charge in [0.2, 0.25) is 0 Å². The van der Waals surface area contributed by atoms with Crippen molar-refractivity contribution in [1.29, 1.82) is 0 Å². The fourth-order valence-electron chi connectivity index (χ4n) is 4.30. The lowest BCUT2D eigenvalue weighted by atomic mass is 9.90. The first-order chi connectivity index (χ1) is 16.0. The summed E-state index contributed by atoms with van der Waals surface area (Å²) in [6, 6.07) is 0. The van der Waals surface area contributed by atoms with Crippen molar-refractivity contribution in [3.63, 3.8) is 0 Å². The third-order valence-corrected chi connectivity index (χ3v) is 6.51. The largest absolute Gasteiger partial charge is 0.394 e. The van der Waals surface area contributed by atoms with Gasteiger partial charge in [-0.3, -0.25) is 0 Å². The lowest BCUT2D eigenvalue weighted by Crippen LogP contribution is -2.61. The molecule has 0 aromatic heterocycles. The number of rotatable bonds is 7. The van der Waals surface area contributed by atoms with E-state index in [4.69, 9.17) is 18.9 Å². The van der Waals surface area contributed by atoms with Crippen LogP contribution >= 0.6 is 0 Å². The summed E-state index contributed by atoms with van der Waals surface area (Å²) in [4.78, 5) is 0. The molecule has 3 aliphatic rings. The van der Waals surface area contributed by atoms with Crippen molar-refractivity contribution in [2.45, 2.75) is 105 Å². The van der Waals surface area contributed by atoms with Crippen LogP contribution in [0.15, 0.2) is 0 Å². The maximum Gasteiger partial charge on any atom is 0.186 e. The van der Waals surface area contributed by atoms with Crippen LogP contribution in [0.25, 0.3) is 0 Å². The van der Waals surface area contributed by atoms with Gasteiger partial charge in [0.05, 0.1) is 25.4 Å². The van der Waals surface area contributed by atoms with E-state index in [0.29, 0.717) is 0 Å². The van der Waals surface area contributed by atoms with E-state index in [2.05, 4.69) is 0 Å². The van der Waals surface area contributed by atoms with Crippen LogP contribution < -0.4 is 0 Å². The molecule has 200 valence electrons. The first-order valence-electron chi connectivity index (χ1n) is 11.0. The summed E-state index contributed by atoms with van der Waals surface area (Å²) in [6.07, 6.45) is -22.8. The second kappa shape index (κ2) is 11.6. The standard InChI is InChI=1S/C19H34O15/c20-3-7-11(23)13(25)9(21)5(32-7)1-2-6-10(22)15(27)17(29)19(34-6)31-4-8-12(24)14(26)16(28)18(30)33-8/h5-30H,1-4H2/t5-,6-,7-,8-,9+,10-,11-,12-,13-,14+,15+,16-,17-,18+,19+/m1/s1. The molecule has 3 rings (SSSR count). The highest BCUT2D eigenvalue weighted by molar-refractivity contribution is 4.95. The van der Waals surface area contributed by atoms with Crippen LogP contribution in [0.3, 0.4) is 0 Å². The highest BCUT2D eigenvalue weighted by atomic mass is 16.7. The van der Waals surface area contributed by atoms with Crippen LogP contribution in [-0.4, -0.2) is 161 Å². The molecule has 0 radical (unpaired) electrons. The predicted molar refractivity (Wildman–Crippen MR) is 105 cm³/mol. The van der Waals surface area contributed by atoms with E-state index < -0.39 is 105 Å². The van der Waals surface area contributed by atoms with Crippen molar-refractivity contribution in [2.75, 3.05) is 13.2 Å². The smallest absolute Gasteiger partial charge is 0.186 e. The summed E-state index contributed by atoms with van der Waals surface area (Å²) in [7, 11) is 0. The fraction of sp³-hybridized carbons (Fsp3) is 1.00. The van der Waals surface area contributed by atoms with Crippen LogP contribution in [0, 0.1) is 0 Å². The molecule has 0 unspecified atom stereocenters. The van der Waals surface area contributed by atoms with Gasteiger partial charge in [0, 0.05) is 0 Å². The van der Waals surface area contributed by atoms with E-state index in [9.17, 15) is 56.2 Å². The number of aliphatic hydroxyl groups excluding tert-OH is 11. The van der Waals surface area contributed by atoms with Gasteiger partial charge >= 0.3 is 0 Å². The van der Waals surface area contributed by atoms with Crippen molar-refractivity contribution in [3.8, 4) is 0 Å². The molecule has 3 aliphatic heterocycles. The third-order valence-electron chi connectivity index (χ3n) is 6.51. The maximum atomic E-state index is 10.3. The van der Waals surface area contributed by atoms with Crippen LogP contribution in [0.2, 0.25) is 0 Å². The lowest BCUT2D eigenvalue weighted by molar-refractivity contribution is -0.325. The molecule has 0 saturated carbocycles. The van der Waals surface area contributed by atoms with E-state index in [-0.39, 0.29) is 12.8 Å². The highest BCUT2D eigenvalue weighted by Crippen LogP contribution is 2.30. The number of hydrogen-bond donors (Lipinski definition) is 11. The molecule has 15 atom stereocenters.